The van der Waals surface area contributed by atoms with Gasteiger partial charge in [-0.05, 0) is 88.7 Å². The van der Waals surface area contributed by atoms with Crippen molar-refractivity contribution in [2.45, 2.75) is 65.9 Å². The highest BCUT2D eigenvalue weighted by Gasteiger charge is 2.17. The molecule has 2 atom stereocenters. The third kappa shape index (κ3) is 8.69. The summed E-state index contributed by atoms with van der Waals surface area (Å²) in [6.45, 7) is 6.54. The molecule has 0 fully saturated rings. The molecule has 4 aromatic carbocycles. The van der Waals surface area contributed by atoms with Gasteiger partial charge in [0.05, 0.1) is 12.2 Å². The molecule has 39 heavy (non-hydrogen) atoms. The fraction of sp³-hybridized carbons (Fsp3) is 0.343. The van der Waals surface area contributed by atoms with E-state index in [1.165, 1.54) is 30.0 Å². The number of unbranched alkanes of at least 4 members (excludes halogenated alkanes) is 2. The van der Waals surface area contributed by atoms with Crippen LogP contribution in [0.4, 0.5) is 0 Å². The largest absolute Gasteiger partial charge is 0.508 e. The maximum Gasteiger partial charge on any atom is 0.336 e. The number of carboxylic acid groups (broad SMARTS) is 1. The molecule has 2 unspecified atom stereocenters. The summed E-state index contributed by atoms with van der Waals surface area (Å²) in [6.07, 6.45) is 6.16. The first kappa shape index (κ1) is 29.9. The molecule has 4 aromatic rings. The van der Waals surface area contributed by atoms with Gasteiger partial charge in [-0.15, -0.1) is 0 Å². The minimum absolute atomic E-state index is 0.107. The lowest BCUT2D eigenvalue weighted by Crippen LogP contribution is -2.13. The second-order valence-corrected chi connectivity index (χ2v) is 10.5. The maximum atomic E-state index is 11.4. The first-order valence-corrected chi connectivity index (χ1v) is 14.0. The van der Waals surface area contributed by atoms with Crippen molar-refractivity contribution in [2.75, 3.05) is 0 Å². The van der Waals surface area contributed by atoms with Gasteiger partial charge in [-0.25, -0.2) is 4.79 Å². The van der Waals surface area contributed by atoms with Crippen LogP contribution < -0.4 is 0 Å². The summed E-state index contributed by atoms with van der Waals surface area (Å²) in [5.41, 5.74) is 4.37. The number of hydrogen-bond acceptors (Lipinski definition) is 3. The summed E-state index contributed by atoms with van der Waals surface area (Å²) >= 11 is 0. The van der Waals surface area contributed by atoms with Crippen molar-refractivity contribution >= 4 is 16.7 Å². The Kier molecular flexibility index (Phi) is 11.6. The van der Waals surface area contributed by atoms with Crippen LogP contribution in [0.3, 0.4) is 0 Å². The average molecular weight is 527 g/mol. The number of aromatic hydroxyl groups is 1. The third-order valence-electron chi connectivity index (χ3n) is 7.54. The smallest absolute Gasteiger partial charge is 0.336 e. The SMILES string of the molecule is CC(Cc1ccccc1)C(C)Cc1ccccc1.CCCCCc1c(CO)c(C(=O)O)cc2cc(O)ccc12. The fourth-order valence-electron chi connectivity index (χ4n) is 5.09. The number of carboxylic acids is 1. The number of aliphatic hydroxyl groups excluding tert-OH is 1. The lowest BCUT2D eigenvalue weighted by Gasteiger charge is -2.20. The van der Waals surface area contributed by atoms with Crippen molar-refractivity contribution < 1.29 is 20.1 Å². The van der Waals surface area contributed by atoms with E-state index in [2.05, 4.69) is 81.4 Å². The molecule has 4 rings (SSSR count). The molecule has 4 nitrogen and oxygen atoms in total. The van der Waals surface area contributed by atoms with Crippen molar-refractivity contribution in [3.63, 3.8) is 0 Å². The second kappa shape index (κ2) is 15.1. The summed E-state index contributed by atoms with van der Waals surface area (Å²) in [5, 5.41) is 30.1. The molecule has 0 heterocycles. The number of phenolic OH excluding ortho intramolecular Hbond substituents is 1. The molecule has 0 aromatic heterocycles. The van der Waals surface area contributed by atoms with E-state index in [4.69, 9.17) is 0 Å². The second-order valence-electron chi connectivity index (χ2n) is 10.5. The minimum Gasteiger partial charge on any atom is -0.508 e. The highest BCUT2D eigenvalue weighted by atomic mass is 16.4. The monoisotopic (exact) mass is 526 g/mol. The summed E-state index contributed by atoms with van der Waals surface area (Å²) < 4.78 is 0. The van der Waals surface area contributed by atoms with E-state index in [0.29, 0.717) is 22.8 Å². The molecular formula is C35H42O4. The van der Waals surface area contributed by atoms with Crippen LogP contribution in [0.2, 0.25) is 0 Å². The molecule has 0 spiro atoms. The van der Waals surface area contributed by atoms with Gasteiger partial charge in [0.15, 0.2) is 0 Å². The zero-order chi connectivity index (χ0) is 28.2. The van der Waals surface area contributed by atoms with Crippen molar-refractivity contribution in [1.82, 2.24) is 0 Å². The Hall–Kier alpha value is -3.63. The minimum atomic E-state index is -1.05. The Morgan fingerprint density at radius 3 is 1.82 bits per heavy atom. The van der Waals surface area contributed by atoms with Gasteiger partial charge in [0.1, 0.15) is 5.75 Å². The first-order chi connectivity index (χ1) is 18.8. The lowest BCUT2D eigenvalue weighted by molar-refractivity contribution is 0.0693. The number of rotatable bonds is 11. The zero-order valence-corrected chi connectivity index (χ0v) is 23.4. The van der Waals surface area contributed by atoms with Gasteiger partial charge in [-0.3, -0.25) is 0 Å². The quantitative estimate of drug-likeness (QED) is 0.172. The van der Waals surface area contributed by atoms with Crippen LogP contribution in [0.15, 0.2) is 84.9 Å². The average Bonchev–Trinajstić information content (AvgIpc) is 2.94. The Morgan fingerprint density at radius 2 is 1.33 bits per heavy atom. The van der Waals surface area contributed by atoms with Crippen LogP contribution in [0.25, 0.3) is 10.8 Å². The number of hydrogen-bond donors (Lipinski definition) is 3. The molecule has 0 aliphatic carbocycles. The van der Waals surface area contributed by atoms with Gasteiger partial charge < -0.3 is 15.3 Å². The Balaban J connectivity index is 0.000000218. The molecule has 3 N–H and O–H groups in total. The van der Waals surface area contributed by atoms with Crippen molar-refractivity contribution in [1.29, 1.82) is 0 Å². The number of aliphatic hydroxyl groups is 1. The Labute approximate surface area is 233 Å². The third-order valence-corrected chi connectivity index (χ3v) is 7.54. The van der Waals surface area contributed by atoms with Crippen LogP contribution in [0.5, 0.6) is 5.75 Å². The molecule has 0 saturated carbocycles. The van der Waals surface area contributed by atoms with Crippen LogP contribution in [-0.4, -0.2) is 21.3 Å². The Bertz CT molecular complexity index is 1270. The molecule has 0 aliphatic heterocycles. The lowest BCUT2D eigenvalue weighted by atomic mass is 9.85. The number of phenols is 1. The first-order valence-electron chi connectivity index (χ1n) is 14.0. The molecule has 0 saturated heterocycles. The number of benzene rings is 4. The fourth-order valence-corrected chi connectivity index (χ4v) is 5.09. The van der Waals surface area contributed by atoms with Crippen molar-refractivity contribution in [3.8, 4) is 5.75 Å². The van der Waals surface area contributed by atoms with Crippen molar-refractivity contribution in [3.05, 3.63) is 113 Å². The van der Waals surface area contributed by atoms with E-state index in [1.807, 2.05) is 0 Å². The number of aromatic carboxylic acids is 1. The van der Waals surface area contributed by atoms with E-state index < -0.39 is 5.97 Å². The summed E-state index contributed by atoms with van der Waals surface area (Å²) in [5.74, 6) is 0.483. The van der Waals surface area contributed by atoms with E-state index >= 15 is 0 Å². The van der Waals surface area contributed by atoms with Gasteiger partial charge in [-0.2, -0.15) is 0 Å². The molecular weight excluding hydrogens is 484 g/mol. The number of aryl methyl sites for hydroxylation is 1. The Morgan fingerprint density at radius 1 is 0.769 bits per heavy atom. The van der Waals surface area contributed by atoms with Crippen molar-refractivity contribution in [2.24, 2.45) is 11.8 Å². The maximum absolute atomic E-state index is 11.4. The molecule has 4 heteroatoms. The molecule has 0 aliphatic rings. The normalized spacial score (nSPS) is 12.4. The summed E-state index contributed by atoms with van der Waals surface area (Å²) in [7, 11) is 0. The number of fused-ring (bicyclic) bond motifs is 1. The highest BCUT2D eigenvalue weighted by Crippen LogP contribution is 2.30. The van der Waals surface area contributed by atoms with Gasteiger partial charge in [0.2, 0.25) is 0 Å². The van der Waals surface area contributed by atoms with Crippen LogP contribution in [0.1, 0.15) is 72.6 Å². The van der Waals surface area contributed by atoms with Crippen LogP contribution >= 0.6 is 0 Å². The predicted octanol–water partition coefficient (Wildman–Crippen LogP) is 8.21. The van der Waals surface area contributed by atoms with Crippen LogP contribution in [0, 0.1) is 11.8 Å². The van der Waals surface area contributed by atoms with E-state index in [0.717, 1.165) is 36.6 Å². The van der Waals surface area contributed by atoms with Gasteiger partial charge in [0, 0.05) is 0 Å². The van der Waals surface area contributed by atoms with Gasteiger partial charge in [-0.1, -0.05) is 100 Å². The standard InChI is InChI=1S/C18H22.C17H20O4/c1-15(13-17-9-5-3-6-10-17)16(2)14-18-11-7-4-8-12-18;1-2-3-4-5-14-13-7-6-12(19)8-11(13)9-15(17(20)21)16(14)10-18/h3-12,15-16H,13-14H2,1-2H3;6-9,18-19H,2-5,10H2,1H3,(H,20,21). The predicted molar refractivity (Wildman–Crippen MR) is 160 cm³/mol. The van der Waals surface area contributed by atoms with E-state index in [-0.39, 0.29) is 17.9 Å². The topological polar surface area (TPSA) is 77.8 Å². The summed E-state index contributed by atoms with van der Waals surface area (Å²) in [4.78, 5) is 11.4. The molecule has 206 valence electrons. The molecule has 0 bridgehead atoms. The van der Waals surface area contributed by atoms with Gasteiger partial charge >= 0.3 is 5.97 Å². The van der Waals surface area contributed by atoms with Crippen LogP contribution in [-0.2, 0) is 25.9 Å². The number of carbonyl (C=O) groups is 1. The van der Waals surface area contributed by atoms with E-state index in [1.54, 1.807) is 18.2 Å². The van der Waals surface area contributed by atoms with Gasteiger partial charge in [0.25, 0.3) is 0 Å². The molecule has 0 radical (unpaired) electrons. The zero-order valence-electron chi connectivity index (χ0n) is 23.4. The highest BCUT2D eigenvalue weighted by molar-refractivity contribution is 5.98. The molecule has 0 amide bonds. The van der Waals surface area contributed by atoms with E-state index in [9.17, 15) is 20.1 Å². The summed E-state index contributed by atoms with van der Waals surface area (Å²) in [6, 6.07) is 28.1.